The Morgan fingerprint density at radius 2 is 1.94 bits per heavy atom. The van der Waals surface area contributed by atoms with Crippen LogP contribution in [0.2, 0.25) is 0 Å². The number of benzene rings is 2. The van der Waals surface area contributed by atoms with Gasteiger partial charge in [-0.05, 0) is 61.7 Å². The number of thiazole rings is 1. The second-order valence-corrected chi connectivity index (χ2v) is 9.21. The zero-order valence-electron chi connectivity index (χ0n) is 20.7. The lowest BCUT2D eigenvalue weighted by molar-refractivity contribution is -0.139. The lowest BCUT2D eigenvalue weighted by atomic mass is 9.96. The van der Waals surface area contributed by atoms with Crippen molar-refractivity contribution in [2.75, 3.05) is 20.3 Å². The van der Waals surface area contributed by atoms with Gasteiger partial charge in [0.2, 0.25) is 0 Å². The van der Waals surface area contributed by atoms with Crippen molar-refractivity contribution in [2.45, 2.75) is 26.8 Å². The second-order valence-electron chi connectivity index (χ2n) is 8.20. The first-order chi connectivity index (χ1) is 17.4. The highest BCUT2D eigenvalue weighted by Gasteiger charge is 2.33. The summed E-state index contributed by atoms with van der Waals surface area (Å²) < 4.78 is 18.5. The number of carbonyl (C=O) groups excluding carboxylic acids is 1. The molecule has 0 radical (unpaired) electrons. The summed E-state index contributed by atoms with van der Waals surface area (Å²) in [5.41, 5.74) is 3.23. The van der Waals surface area contributed by atoms with Crippen molar-refractivity contribution < 1.29 is 19.0 Å². The predicted molar refractivity (Wildman–Crippen MR) is 140 cm³/mol. The number of aromatic nitrogens is 1. The van der Waals surface area contributed by atoms with Crippen LogP contribution in [0.4, 0.5) is 0 Å². The Morgan fingerprint density at radius 3 is 2.61 bits per heavy atom. The van der Waals surface area contributed by atoms with E-state index in [1.54, 1.807) is 31.6 Å². The van der Waals surface area contributed by atoms with Gasteiger partial charge >= 0.3 is 5.97 Å². The number of carbonyl (C=O) groups is 1. The van der Waals surface area contributed by atoms with Crippen LogP contribution in [-0.2, 0) is 9.53 Å². The number of nitrogens with zero attached hydrogens (tertiary/aromatic N) is 2. The molecule has 1 aliphatic rings. The average molecular weight is 505 g/mol. The summed E-state index contributed by atoms with van der Waals surface area (Å²) in [6, 6.07) is 12.4. The van der Waals surface area contributed by atoms with E-state index in [-0.39, 0.29) is 12.2 Å². The Kier molecular flexibility index (Phi) is 7.55. The fraction of sp³-hybridized carbons (Fsp3) is 0.250. The quantitative estimate of drug-likeness (QED) is 0.345. The molecule has 2 aromatic carbocycles. The maximum absolute atomic E-state index is 13.7. The van der Waals surface area contributed by atoms with E-state index in [1.165, 1.54) is 11.3 Å². The first kappa shape index (κ1) is 25.2. The smallest absolute Gasteiger partial charge is 0.338 e. The van der Waals surface area contributed by atoms with Crippen LogP contribution in [0.25, 0.3) is 6.08 Å². The lowest BCUT2D eigenvalue weighted by Crippen LogP contribution is -2.39. The van der Waals surface area contributed by atoms with E-state index in [1.807, 2.05) is 55.5 Å². The van der Waals surface area contributed by atoms with Gasteiger partial charge in [0, 0.05) is 0 Å². The van der Waals surface area contributed by atoms with Gasteiger partial charge in [-0.3, -0.25) is 9.36 Å². The van der Waals surface area contributed by atoms with E-state index in [0.29, 0.717) is 33.0 Å². The van der Waals surface area contributed by atoms with Crippen LogP contribution in [0, 0.1) is 6.92 Å². The Balaban J connectivity index is 1.88. The maximum Gasteiger partial charge on any atom is 0.338 e. The Morgan fingerprint density at radius 1 is 1.19 bits per heavy atom. The Labute approximate surface area is 213 Å². The molecule has 0 bridgehead atoms. The molecule has 186 valence electrons. The van der Waals surface area contributed by atoms with Crippen LogP contribution in [0.1, 0.15) is 36.6 Å². The molecule has 0 saturated heterocycles. The molecule has 0 spiro atoms. The van der Waals surface area contributed by atoms with E-state index in [0.717, 1.165) is 22.4 Å². The second kappa shape index (κ2) is 10.8. The van der Waals surface area contributed by atoms with Crippen molar-refractivity contribution in [2.24, 2.45) is 4.99 Å². The van der Waals surface area contributed by atoms with Gasteiger partial charge in [0.15, 0.2) is 4.80 Å². The maximum atomic E-state index is 13.7. The molecule has 0 N–H and O–H groups in total. The first-order valence-corrected chi connectivity index (χ1v) is 12.4. The summed E-state index contributed by atoms with van der Waals surface area (Å²) in [6.45, 7) is 9.74. The first-order valence-electron chi connectivity index (χ1n) is 11.6. The molecule has 0 fully saturated rings. The largest absolute Gasteiger partial charge is 0.496 e. The molecule has 0 aliphatic carbocycles. The number of hydrogen-bond donors (Lipinski definition) is 0. The molecule has 8 heteroatoms. The molecule has 0 saturated carbocycles. The molecule has 1 aliphatic heterocycles. The van der Waals surface area contributed by atoms with E-state index in [4.69, 9.17) is 14.2 Å². The van der Waals surface area contributed by atoms with Crippen molar-refractivity contribution in [3.63, 3.8) is 0 Å². The van der Waals surface area contributed by atoms with Gasteiger partial charge in [-0.15, -0.1) is 0 Å². The Bertz CT molecular complexity index is 1510. The van der Waals surface area contributed by atoms with E-state index in [9.17, 15) is 9.59 Å². The molecule has 7 nitrogen and oxygen atoms in total. The molecule has 2 heterocycles. The number of rotatable bonds is 8. The molecule has 0 amide bonds. The number of aryl methyl sites for hydroxylation is 1. The summed E-state index contributed by atoms with van der Waals surface area (Å²) in [7, 11) is 1.62. The fourth-order valence-corrected chi connectivity index (χ4v) is 5.13. The molecule has 4 rings (SSSR count). The average Bonchev–Trinajstić information content (AvgIpc) is 3.17. The molecule has 1 atom stereocenters. The van der Waals surface area contributed by atoms with Gasteiger partial charge in [-0.25, -0.2) is 9.79 Å². The highest BCUT2D eigenvalue weighted by molar-refractivity contribution is 7.07. The molecule has 3 aromatic rings. The van der Waals surface area contributed by atoms with Gasteiger partial charge in [0.1, 0.15) is 18.1 Å². The molecular formula is C28H28N2O5S. The lowest BCUT2D eigenvalue weighted by Gasteiger charge is -2.24. The van der Waals surface area contributed by atoms with Crippen molar-refractivity contribution in [3.05, 3.63) is 103 Å². The van der Waals surface area contributed by atoms with Crippen LogP contribution in [-0.4, -0.2) is 30.9 Å². The number of methoxy groups -OCH3 is 1. The standard InChI is InChI=1S/C28H28N2O5S/c1-6-14-35-21-12-10-20(11-13-21)25-24(27(32)34-7-2)18(4)29-28-30(25)26(31)23(36-28)16-19-9-8-17(3)22(15-19)33-5/h6,8-13,15-16,25H,1,7,14H2,2-5H3/b23-16-/t25-/m1/s1. The molecular weight excluding hydrogens is 476 g/mol. The van der Waals surface area contributed by atoms with Gasteiger partial charge < -0.3 is 14.2 Å². The fourth-order valence-electron chi connectivity index (χ4n) is 4.09. The molecule has 36 heavy (non-hydrogen) atoms. The summed E-state index contributed by atoms with van der Waals surface area (Å²) in [6.07, 6.45) is 3.48. The van der Waals surface area contributed by atoms with Crippen molar-refractivity contribution in [3.8, 4) is 11.5 Å². The van der Waals surface area contributed by atoms with Crippen LogP contribution >= 0.6 is 11.3 Å². The summed E-state index contributed by atoms with van der Waals surface area (Å²) in [5.74, 6) is 0.916. The van der Waals surface area contributed by atoms with Crippen LogP contribution in [0.5, 0.6) is 11.5 Å². The van der Waals surface area contributed by atoms with Crippen molar-refractivity contribution in [1.29, 1.82) is 0 Å². The minimum atomic E-state index is -0.677. The third-order valence-corrected chi connectivity index (χ3v) is 6.79. The van der Waals surface area contributed by atoms with Crippen LogP contribution in [0.3, 0.4) is 0 Å². The predicted octanol–water partition coefficient (Wildman–Crippen LogP) is 3.68. The minimum Gasteiger partial charge on any atom is -0.496 e. The third-order valence-electron chi connectivity index (χ3n) is 5.81. The van der Waals surface area contributed by atoms with Crippen LogP contribution in [0.15, 0.2) is 76.2 Å². The van der Waals surface area contributed by atoms with Gasteiger partial charge in [0.25, 0.3) is 5.56 Å². The monoisotopic (exact) mass is 504 g/mol. The van der Waals surface area contributed by atoms with Crippen molar-refractivity contribution in [1.82, 2.24) is 4.57 Å². The summed E-state index contributed by atoms with van der Waals surface area (Å²) in [5, 5.41) is 0. The van der Waals surface area contributed by atoms with E-state index in [2.05, 4.69) is 11.6 Å². The van der Waals surface area contributed by atoms with Gasteiger partial charge in [0.05, 0.1) is 35.6 Å². The number of ether oxygens (including phenoxy) is 3. The topological polar surface area (TPSA) is 79.1 Å². The summed E-state index contributed by atoms with van der Waals surface area (Å²) >= 11 is 1.28. The SMILES string of the molecule is C=CCOc1ccc([C@@H]2C(C(=O)OCC)=C(C)N=c3s/c(=C\c4ccc(C)c(OC)c4)c(=O)n32)cc1. The molecule has 0 unspecified atom stereocenters. The Hall–Kier alpha value is -3.91. The third kappa shape index (κ3) is 4.90. The number of esters is 1. The number of fused-ring (bicyclic) bond motifs is 1. The number of allylic oxidation sites excluding steroid dienone is 1. The van der Waals surface area contributed by atoms with Crippen molar-refractivity contribution >= 4 is 23.4 Å². The zero-order valence-corrected chi connectivity index (χ0v) is 21.6. The van der Waals surface area contributed by atoms with Crippen LogP contribution < -0.4 is 24.4 Å². The highest BCUT2D eigenvalue weighted by Crippen LogP contribution is 2.31. The zero-order chi connectivity index (χ0) is 25.8. The normalized spacial score (nSPS) is 15.2. The van der Waals surface area contributed by atoms with E-state index >= 15 is 0 Å². The minimum absolute atomic E-state index is 0.219. The molecule has 1 aromatic heterocycles. The van der Waals surface area contributed by atoms with Gasteiger partial charge in [-0.2, -0.15) is 0 Å². The van der Waals surface area contributed by atoms with Gasteiger partial charge in [-0.1, -0.05) is 48.3 Å². The summed E-state index contributed by atoms with van der Waals surface area (Å²) in [4.78, 5) is 31.9. The number of hydrogen-bond acceptors (Lipinski definition) is 7. The highest BCUT2D eigenvalue weighted by atomic mass is 32.1. The van der Waals surface area contributed by atoms with E-state index < -0.39 is 12.0 Å².